The zero-order chi connectivity index (χ0) is 13.8. The Morgan fingerprint density at radius 2 is 2.33 bits per heavy atom. The number of carbonyl (C=O) groups is 1. The third-order valence-electron chi connectivity index (χ3n) is 2.29. The lowest BCUT2D eigenvalue weighted by atomic mass is 10.2. The van der Waals surface area contributed by atoms with Crippen molar-refractivity contribution >= 4 is 27.3 Å². The van der Waals surface area contributed by atoms with Gasteiger partial charge in [-0.1, -0.05) is 6.92 Å². The van der Waals surface area contributed by atoms with Gasteiger partial charge < -0.3 is 5.11 Å². The summed E-state index contributed by atoms with van der Waals surface area (Å²) in [5.74, 6) is 1.13. The molecule has 2 N–H and O–H groups in total. The molecule has 1 rings (SSSR count). The Balaban J connectivity index is 3.03. The van der Waals surface area contributed by atoms with Crippen molar-refractivity contribution in [3.63, 3.8) is 0 Å². The Hall–Kier alpha value is -1.36. The largest absolute Gasteiger partial charge is 0.477 e. The van der Waals surface area contributed by atoms with Gasteiger partial charge >= 0.3 is 5.97 Å². The lowest BCUT2D eigenvalue weighted by Crippen LogP contribution is -2.34. The van der Waals surface area contributed by atoms with Gasteiger partial charge in [-0.25, -0.2) is 17.9 Å². The Morgan fingerprint density at radius 1 is 1.67 bits per heavy atom. The van der Waals surface area contributed by atoms with Gasteiger partial charge in [-0.2, -0.15) is 0 Å². The molecule has 18 heavy (non-hydrogen) atoms. The fraction of sp³-hybridized carbons (Fsp3) is 0.364. The second kappa shape index (κ2) is 6.00. The van der Waals surface area contributed by atoms with Crippen molar-refractivity contribution in [3.05, 3.63) is 16.3 Å². The SMILES string of the molecule is C#CCC(CC)NS(=O)(=O)c1ccsc1C(=O)O. The lowest BCUT2D eigenvalue weighted by molar-refractivity contribution is 0.0698. The Labute approximate surface area is 110 Å². The van der Waals surface area contributed by atoms with Crippen LogP contribution in [-0.4, -0.2) is 25.5 Å². The van der Waals surface area contributed by atoms with Gasteiger partial charge in [0.05, 0.1) is 0 Å². The molecule has 0 spiro atoms. The summed E-state index contributed by atoms with van der Waals surface area (Å²) < 4.78 is 26.5. The maximum absolute atomic E-state index is 12.0. The van der Waals surface area contributed by atoms with Crippen LogP contribution in [0.25, 0.3) is 0 Å². The number of terminal acetylenes is 1. The highest BCUT2D eigenvalue weighted by Gasteiger charge is 2.25. The lowest BCUT2D eigenvalue weighted by Gasteiger charge is -2.14. The first-order valence-corrected chi connectivity index (χ1v) is 7.55. The number of carboxylic acids is 1. The van der Waals surface area contributed by atoms with Crippen LogP contribution in [0.15, 0.2) is 16.3 Å². The van der Waals surface area contributed by atoms with Crippen molar-refractivity contribution < 1.29 is 18.3 Å². The summed E-state index contributed by atoms with van der Waals surface area (Å²) in [4.78, 5) is 10.5. The normalized spacial score (nSPS) is 12.9. The number of hydrogen-bond donors (Lipinski definition) is 2. The molecule has 98 valence electrons. The molecule has 1 aromatic heterocycles. The summed E-state index contributed by atoms with van der Waals surface area (Å²) in [5, 5.41) is 10.3. The monoisotopic (exact) mass is 287 g/mol. The summed E-state index contributed by atoms with van der Waals surface area (Å²) in [6.45, 7) is 1.80. The van der Waals surface area contributed by atoms with Gasteiger partial charge in [0.1, 0.15) is 9.77 Å². The molecule has 0 saturated carbocycles. The zero-order valence-corrected chi connectivity index (χ0v) is 11.3. The van der Waals surface area contributed by atoms with Crippen molar-refractivity contribution in [3.8, 4) is 12.3 Å². The van der Waals surface area contributed by atoms with E-state index in [-0.39, 0.29) is 22.2 Å². The molecule has 1 atom stereocenters. The van der Waals surface area contributed by atoms with Crippen molar-refractivity contribution in [2.45, 2.75) is 30.7 Å². The van der Waals surface area contributed by atoms with Gasteiger partial charge in [-0.15, -0.1) is 23.7 Å². The summed E-state index contributed by atoms with van der Waals surface area (Å²) in [5.41, 5.74) is 0. The van der Waals surface area contributed by atoms with E-state index in [4.69, 9.17) is 11.5 Å². The Bertz CT molecular complexity index is 568. The molecule has 0 aliphatic heterocycles. The van der Waals surface area contributed by atoms with Gasteiger partial charge in [-0.3, -0.25) is 0 Å². The fourth-order valence-corrected chi connectivity index (χ4v) is 3.94. The van der Waals surface area contributed by atoms with Crippen LogP contribution in [0.3, 0.4) is 0 Å². The van der Waals surface area contributed by atoms with E-state index in [2.05, 4.69) is 10.6 Å². The second-order valence-electron chi connectivity index (χ2n) is 3.55. The zero-order valence-electron chi connectivity index (χ0n) is 9.71. The van der Waals surface area contributed by atoms with E-state index in [1.807, 2.05) is 0 Å². The van der Waals surface area contributed by atoms with Crippen LogP contribution in [-0.2, 0) is 10.0 Å². The topological polar surface area (TPSA) is 83.5 Å². The number of aromatic carboxylic acids is 1. The quantitative estimate of drug-likeness (QED) is 0.777. The average molecular weight is 287 g/mol. The van der Waals surface area contributed by atoms with Gasteiger partial charge in [-0.05, 0) is 17.9 Å². The van der Waals surface area contributed by atoms with E-state index >= 15 is 0 Å². The second-order valence-corrected chi connectivity index (χ2v) is 6.15. The smallest absolute Gasteiger partial charge is 0.347 e. The third-order valence-corrected chi connectivity index (χ3v) is 4.89. The molecule has 7 heteroatoms. The minimum absolute atomic E-state index is 0.196. The Morgan fingerprint density at radius 3 is 2.83 bits per heavy atom. The summed E-state index contributed by atoms with van der Waals surface area (Å²) in [6.07, 6.45) is 5.95. The van der Waals surface area contributed by atoms with Crippen LogP contribution >= 0.6 is 11.3 Å². The molecule has 1 unspecified atom stereocenters. The van der Waals surface area contributed by atoms with Crippen molar-refractivity contribution in [1.82, 2.24) is 4.72 Å². The summed E-state index contributed by atoms with van der Waals surface area (Å²) >= 11 is 0.874. The number of nitrogens with one attached hydrogen (secondary N) is 1. The van der Waals surface area contributed by atoms with E-state index in [1.54, 1.807) is 6.92 Å². The summed E-state index contributed by atoms with van der Waals surface area (Å²) in [6, 6.07) is 0.889. The van der Waals surface area contributed by atoms with Crippen LogP contribution in [0, 0.1) is 12.3 Å². The standard InChI is InChI=1S/C11H13NO4S2/c1-3-5-8(4-2)12-18(15,16)9-6-7-17-10(9)11(13)14/h1,6-8,12H,4-5H2,2H3,(H,13,14). The van der Waals surface area contributed by atoms with Crippen LogP contribution < -0.4 is 4.72 Å². The van der Waals surface area contributed by atoms with Gasteiger partial charge in [0, 0.05) is 12.5 Å². The van der Waals surface area contributed by atoms with Crippen molar-refractivity contribution in [1.29, 1.82) is 0 Å². The molecule has 0 aliphatic carbocycles. The summed E-state index contributed by atoms with van der Waals surface area (Å²) in [7, 11) is -3.84. The van der Waals surface area contributed by atoms with Crippen LogP contribution in [0.2, 0.25) is 0 Å². The molecular formula is C11H13NO4S2. The molecule has 0 fully saturated rings. The van der Waals surface area contributed by atoms with Crippen molar-refractivity contribution in [2.24, 2.45) is 0 Å². The van der Waals surface area contributed by atoms with Crippen molar-refractivity contribution in [2.75, 3.05) is 0 Å². The molecule has 0 aromatic carbocycles. The Kier molecular flexibility index (Phi) is 4.90. The number of sulfonamides is 1. The van der Waals surface area contributed by atoms with Crippen LogP contribution in [0.1, 0.15) is 29.4 Å². The maximum atomic E-state index is 12.0. The highest BCUT2D eigenvalue weighted by atomic mass is 32.2. The molecule has 0 saturated heterocycles. The predicted octanol–water partition coefficient (Wildman–Crippen LogP) is 1.53. The molecule has 0 amide bonds. The van der Waals surface area contributed by atoms with Crippen LogP contribution in [0.4, 0.5) is 0 Å². The fourth-order valence-electron chi connectivity index (χ4n) is 1.36. The molecule has 0 aliphatic rings. The number of carboxylic acid groups (broad SMARTS) is 1. The molecule has 1 aromatic rings. The first-order chi connectivity index (χ1) is 8.42. The first kappa shape index (κ1) is 14.7. The first-order valence-electron chi connectivity index (χ1n) is 5.19. The highest BCUT2D eigenvalue weighted by Crippen LogP contribution is 2.22. The highest BCUT2D eigenvalue weighted by molar-refractivity contribution is 7.89. The maximum Gasteiger partial charge on any atom is 0.347 e. The molecule has 0 bridgehead atoms. The van der Waals surface area contributed by atoms with Gasteiger partial charge in [0.2, 0.25) is 10.0 Å². The minimum Gasteiger partial charge on any atom is -0.477 e. The molecule has 5 nitrogen and oxygen atoms in total. The third kappa shape index (κ3) is 3.32. The van der Waals surface area contributed by atoms with E-state index in [0.717, 1.165) is 11.3 Å². The minimum atomic E-state index is -3.84. The molecule has 1 heterocycles. The number of hydrogen-bond acceptors (Lipinski definition) is 4. The molecular weight excluding hydrogens is 274 g/mol. The van der Waals surface area contributed by atoms with E-state index in [9.17, 15) is 13.2 Å². The van der Waals surface area contributed by atoms with Crippen LogP contribution in [0.5, 0.6) is 0 Å². The van der Waals surface area contributed by atoms with Gasteiger partial charge in [0.25, 0.3) is 0 Å². The average Bonchev–Trinajstić information content (AvgIpc) is 2.77. The number of thiophene rings is 1. The van der Waals surface area contributed by atoms with E-state index < -0.39 is 16.0 Å². The van der Waals surface area contributed by atoms with E-state index in [0.29, 0.717) is 6.42 Å². The van der Waals surface area contributed by atoms with Gasteiger partial charge in [0.15, 0.2) is 0 Å². The number of rotatable bonds is 6. The van der Waals surface area contributed by atoms with E-state index in [1.165, 1.54) is 11.4 Å². The predicted molar refractivity (Wildman–Crippen MR) is 69.1 cm³/mol. The molecule has 0 radical (unpaired) electrons.